The average molecular weight is 481 g/mol. The summed E-state index contributed by atoms with van der Waals surface area (Å²) in [4.78, 5) is 32.4. The Morgan fingerprint density at radius 1 is 1.00 bits per heavy atom. The number of anilines is 3. The van der Waals surface area contributed by atoms with Crippen LogP contribution in [0.3, 0.4) is 0 Å². The van der Waals surface area contributed by atoms with Crippen LogP contribution in [-0.4, -0.2) is 32.0 Å². The van der Waals surface area contributed by atoms with Gasteiger partial charge in [-0.25, -0.2) is 4.98 Å². The van der Waals surface area contributed by atoms with Crippen molar-refractivity contribution in [2.75, 3.05) is 10.6 Å². The van der Waals surface area contributed by atoms with Crippen LogP contribution in [0, 0.1) is 0 Å². The largest absolute Gasteiger partial charge is 0.416 e. The molecule has 0 radical (unpaired) electrons. The van der Waals surface area contributed by atoms with Crippen LogP contribution in [0.2, 0.25) is 0 Å². The first kappa shape index (κ1) is 23.4. The quantitative estimate of drug-likeness (QED) is 0.316. The summed E-state index contributed by atoms with van der Waals surface area (Å²) in [7, 11) is 0. The van der Waals surface area contributed by atoms with Gasteiger partial charge in [-0.1, -0.05) is 24.3 Å². The number of hydrogen-bond acceptors (Lipinski definition) is 6. The molecule has 12 heteroatoms. The summed E-state index contributed by atoms with van der Waals surface area (Å²) in [5, 5.41) is 12.5. The lowest BCUT2D eigenvalue weighted by atomic mass is 10.1. The zero-order valence-corrected chi connectivity index (χ0v) is 17.9. The maximum atomic E-state index is 12.7. The second-order valence-electron chi connectivity index (χ2n) is 7.40. The Hall–Kier alpha value is -4.74. The topological polar surface area (TPSA) is 139 Å². The number of H-pyrrole nitrogens is 1. The van der Waals surface area contributed by atoms with Crippen LogP contribution >= 0.6 is 0 Å². The van der Waals surface area contributed by atoms with Gasteiger partial charge in [0, 0.05) is 23.6 Å². The van der Waals surface area contributed by atoms with Crippen LogP contribution < -0.4 is 16.4 Å². The molecular weight excluding hydrogens is 463 g/mol. The number of halogens is 3. The van der Waals surface area contributed by atoms with Gasteiger partial charge < -0.3 is 16.4 Å². The number of rotatable bonds is 7. The normalized spacial score (nSPS) is 11.2. The van der Waals surface area contributed by atoms with Gasteiger partial charge in [0.2, 0.25) is 5.91 Å². The van der Waals surface area contributed by atoms with E-state index < -0.39 is 23.6 Å². The van der Waals surface area contributed by atoms with E-state index in [1.807, 2.05) is 0 Å². The molecule has 2 aromatic heterocycles. The highest BCUT2D eigenvalue weighted by molar-refractivity contribution is 6.04. The summed E-state index contributed by atoms with van der Waals surface area (Å²) in [6.07, 6.45) is -0.0792. The van der Waals surface area contributed by atoms with Crippen LogP contribution in [0.25, 0.3) is 11.3 Å². The van der Waals surface area contributed by atoms with E-state index in [9.17, 15) is 22.8 Å². The Morgan fingerprint density at radius 2 is 1.71 bits per heavy atom. The number of nitrogens with one attached hydrogen (secondary N) is 3. The first-order chi connectivity index (χ1) is 16.7. The number of nitrogens with two attached hydrogens (primary N) is 1. The zero-order valence-electron chi connectivity index (χ0n) is 17.9. The van der Waals surface area contributed by atoms with Crippen LogP contribution in [0.4, 0.5) is 30.5 Å². The van der Waals surface area contributed by atoms with Crippen molar-refractivity contribution in [3.63, 3.8) is 0 Å². The first-order valence-electron chi connectivity index (χ1n) is 10.2. The molecule has 0 fully saturated rings. The molecule has 178 valence electrons. The fraction of sp³-hybridized carbons (Fsp3) is 0.0870. The lowest BCUT2D eigenvalue weighted by molar-refractivity contribution is -0.137. The number of alkyl halides is 3. The molecule has 0 saturated carbocycles. The number of amides is 2. The molecule has 5 N–H and O–H groups in total. The van der Waals surface area contributed by atoms with E-state index in [4.69, 9.17) is 5.73 Å². The molecule has 0 saturated heterocycles. The molecule has 0 aliphatic rings. The fourth-order valence-electron chi connectivity index (χ4n) is 3.29. The molecule has 0 unspecified atom stereocenters. The molecule has 0 atom stereocenters. The minimum absolute atomic E-state index is 0.0948. The van der Waals surface area contributed by atoms with E-state index in [1.165, 1.54) is 30.7 Å². The van der Waals surface area contributed by atoms with Crippen molar-refractivity contribution in [1.29, 1.82) is 0 Å². The highest BCUT2D eigenvalue weighted by Crippen LogP contribution is 2.30. The van der Waals surface area contributed by atoms with Crippen molar-refractivity contribution in [3.05, 3.63) is 83.8 Å². The van der Waals surface area contributed by atoms with E-state index in [0.717, 1.165) is 12.1 Å². The van der Waals surface area contributed by atoms with Gasteiger partial charge in [-0.05, 0) is 29.8 Å². The molecule has 4 rings (SSSR count). The molecular formula is C23H18F3N7O2. The highest BCUT2D eigenvalue weighted by Gasteiger charge is 2.30. The van der Waals surface area contributed by atoms with Gasteiger partial charge in [-0.2, -0.15) is 18.3 Å². The standard InChI is InChI=1S/C23H18F3N7O2/c24-23(25,26)15-5-1-13(2-6-15)11-18(34)30-16-7-3-14(4-8-16)20-19(21(27)35)22(33-32-20)31-17-12-28-9-10-29-17/h1-10,12H,11H2,(H2,27,35)(H,30,34)(H2,29,31,32,33). The summed E-state index contributed by atoms with van der Waals surface area (Å²) < 4.78 is 38.0. The third-order valence-electron chi connectivity index (χ3n) is 4.92. The monoisotopic (exact) mass is 481 g/mol. The predicted molar refractivity (Wildman–Crippen MR) is 122 cm³/mol. The minimum atomic E-state index is -4.43. The number of aromatic amines is 1. The summed E-state index contributed by atoms with van der Waals surface area (Å²) in [6, 6.07) is 10.9. The van der Waals surface area contributed by atoms with Gasteiger partial charge >= 0.3 is 6.18 Å². The Bertz CT molecular complexity index is 1340. The molecule has 4 aromatic rings. The van der Waals surface area contributed by atoms with Gasteiger partial charge in [-0.15, -0.1) is 0 Å². The number of benzene rings is 2. The van der Waals surface area contributed by atoms with Gasteiger partial charge in [0.15, 0.2) is 0 Å². The Labute approximate surface area is 196 Å². The van der Waals surface area contributed by atoms with Crippen molar-refractivity contribution in [1.82, 2.24) is 20.2 Å². The highest BCUT2D eigenvalue weighted by atomic mass is 19.4. The molecule has 0 aliphatic carbocycles. The first-order valence-corrected chi connectivity index (χ1v) is 10.2. The van der Waals surface area contributed by atoms with Crippen molar-refractivity contribution in [2.45, 2.75) is 12.6 Å². The predicted octanol–water partition coefficient (Wildman–Crippen LogP) is 3.91. The van der Waals surface area contributed by atoms with E-state index in [-0.39, 0.29) is 17.8 Å². The van der Waals surface area contributed by atoms with Crippen LogP contribution in [0.1, 0.15) is 21.5 Å². The maximum absolute atomic E-state index is 12.7. The maximum Gasteiger partial charge on any atom is 0.416 e. The number of carbonyl (C=O) groups is 2. The third kappa shape index (κ3) is 5.61. The van der Waals surface area contributed by atoms with Gasteiger partial charge in [0.1, 0.15) is 22.9 Å². The number of primary amides is 1. The molecule has 0 spiro atoms. The smallest absolute Gasteiger partial charge is 0.365 e. The van der Waals surface area contributed by atoms with Crippen molar-refractivity contribution < 1.29 is 22.8 Å². The summed E-state index contributed by atoms with van der Waals surface area (Å²) in [5.74, 6) is -0.474. The second kappa shape index (κ2) is 9.63. The molecule has 2 aromatic carbocycles. The Balaban J connectivity index is 1.45. The molecule has 35 heavy (non-hydrogen) atoms. The van der Waals surface area contributed by atoms with Crippen molar-refractivity contribution in [3.8, 4) is 11.3 Å². The van der Waals surface area contributed by atoms with Crippen LogP contribution in [0.5, 0.6) is 0 Å². The van der Waals surface area contributed by atoms with E-state index in [1.54, 1.807) is 24.3 Å². The van der Waals surface area contributed by atoms with E-state index in [2.05, 4.69) is 30.8 Å². The third-order valence-corrected chi connectivity index (χ3v) is 4.92. The molecule has 2 heterocycles. The van der Waals surface area contributed by atoms with Crippen LogP contribution in [0.15, 0.2) is 67.1 Å². The molecule has 2 amide bonds. The minimum Gasteiger partial charge on any atom is -0.365 e. The zero-order chi connectivity index (χ0) is 25.0. The number of carbonyl (C=O) groups excluding carboxylic acids is 2. The second-order valence-corrected chi connectivity index (χ2v) is 7.40. The SMILES string of the molecule is NC(=O)c1c(-c2ccc(NC(=O)Cc3ccc(C(F)(F)F)cc3)cc2)n[nH]c1Nc1cnccn1. The summed E-state index contributed by atoms with van der Waals surface area (Å²) in [5.41, 5.74) is 6.66. The van der Waals surface area contributed by atoms with Gasteiger partial charge in [-0.3, -0.25) is 19.7 Å². The van der Waals surface area contributed by atoms with Gasteiger partial charge in [0.25, 0.3) is 5.91 Å². The summed E-state index contributed by atoms with van der Waals surface area (Å²) >= 11 is 0. The molecule has 0 bridgehead atoms. The lowest BCUT2D eigenvalue weighted by Gasteiger charge is -2.09. The lowest BCUT2D eigenvalue weighted by Crippen LogP contribution is -2.15. The average Bonchev–Trinajstić information content (AvgIpc) is 3.24. The summed E-state index contributed by atoms with van der Waals surface area (Å²) in [6.45, 7) is 0. The molecule has 0 aliphatic heterocycles. The van der Waals surface area contributed by atoms with E-state index in [0.29, 0.717) is 28.3 Å². The Kier molecular flexibility index (Phi) is 6.44. The molecule has 9 nitrogen and oxygen atoms in total. The Morgan fingerprint density at radius 3 is 2.31 bits per heavy atom. The van der Waals surface area contributed by atoms with Gasteiger partial charge in [0.05, 0.1) is 18.2 Å². The number of hydrogen-bond donors (Lipinski definition) is 4. The fourth-order valence-corrected chi connectivity index (χ4v) is 3.29. The van der Waals surface area contributed by atoms with Crippen molar-refractivity contribution in [2.24, 2.45) is 5.73 Å². The van der Waals surface area contributed by atoms with Crippen molar-refractivity contribution >= 4 is 29.1 Å². The number of nitrogens with zero attached hydrogens (tertiary/aromatic N) is 3. The number of aromatic nitrogens is 4. The van der Waals surface area contributed by atoms with E-state index >= 15 is 0 Å². The van der Waals surface area contributed by atoms with Crippen LogP contribution in [-0.2, 0) is 17.4 Å².